The second kappa shape index (κ2) is 10.8. The third kappa shape index (κ3) is 4.19. The topological polar surface area (TPSA) is 23.0 Å². The highest BCUT2D eigenvalue weighted by Crippen LogP contribution is 2.41. The van der Waals surface area contributed by atoms with E-state index in [1.807, 2.05) is 0 Å². The van der Waals surface area contributed by atoms with Crippen LogP contribution in [0.25, 0.3) is 99.2 Å². The monoisotopic (exact) mass is 650 g/mol. The van der Waals surface area contributed by atoms with E-state index in [2.05, 4.69) is 191 Å². The van der Waals surface area contributed by atoms with Gasteiger partial charge < -0.3 is 13.6 Å². The van der Waals surface area contributed by atoms with Crippen LogP contribution < -0.4 is 0 Å². The van der Waals surface area contributed by atoms with E-state index < -0.39 is 0 Å². The van der Waals surface area contributed by atoms with Crippen LogP contribution in [-0.4, -0.2) is 9.13 Å². The number of rotatable bonds is 4. The molecule has 0 aliphatic carbocycles. The highest BCUT2D eigenvalue weighted by atomic mass is 16.3. The number of hydrogen-bond donors (Lipinski definition) is 0. The molecular weight excluding hydrogens is 621 g/mol. The summed E-state index contributed by atoms with van der Waals surface area (Å²) in [4.78, 5) is 0. The summed E-state index contributed by atoms with van der Waals surface area (Å²) in [7, 11) is 0. The molecule has 0 atom stereocenters. The van der Waals surface area contributed by atoms with Gasteiger partial charge in [-0.2, -0.15) is 0 Å². The lowest BCUT2D eigenvalue weighted by Crippen LogP contribution is -1.92. The largest absolute Gasteiger partial charge is 0.456 e. The molecule has 0 aliphatic rings. The van der Waals surface area contributed by atoms with Gasteiger partial charge >= 0.3 is 0 Å². The maximum atomic E-state index is 6.66. The first-order valence-corrected chi connectivity index (χ1v) is 17.4. The fourth-order valence-electron chi connectivity index (χ4n) is 8.25. The van der Waals surface area contributed by atoms with Crippen LogP contribution in [-0.2, 0) is 0 Å². The number of furan rings is 1. The summed E-state index contributed by atoms with van der Waals surface area (Å²) < 4.78 is 11.4. The van der Waals surface area contributed by atoms with Gasteiger partial charge in [0.1, 0.15) is 11.2 Å². The number of fused-ring (bicyclic) bond motifs is 9. The minimum atomic E-state index is 0.893. The van der Waals surface area contributed by atoms with E-state index in [-0.39, 0.29) is 0 Å². The maximum absolute atomic E-state index is 6.66. The first kappa shape index (κ1) is 28.0. The smallest absolute Gasteiger partial charge is 0.136 e. The molecule has 11 aromatic rings. The zero-order chi connectivity index (χ0) is 33.5. The van der Waals surface area contributed by atoms with Crippen molar-refractivity contribution < 1.29 is 4.42 Å². The van der Waals surface area contributed by atoms with E-state index in [1.165, 1.54) is 54.7 Å². The Hall–Kier alpha value is -6.84. The van der Waals surface area contributed by atoms with Crippen molar-refractivity contribution in [2.24, 2.45) is 0 Å². The Balaban J connectivity index is 1.04. The lowest BCUT2D eigenvalue weighted by Gasteiger charge is -2.08. The van der Waals surface area contributed by atoms with Crippen LogP contribution in [0.3, 0.4) is 0 Å². The van der Waals surface area contributed by atoms with Crippen LogP contribution in [0.4, 0.5) is 0 Å². The molecule has 238 valence electrons. The summed E-state index contributed by atoms with van der Waals surface area (Å²) in [6.07, 6.45) is 0. The molecular formula is C48H30N2O. The van der Waals surface area contributed by atoms with E-state index >= 15 is 0 Å². The van der Waals surface area contributed by atoms with Gasteiger partial charge in [-0.05, 0) is 101 Å². The molecule has 0 saturated heterocycles. The Kier molecular flexibility index (Phi) is 5.96. The zero-order valence-corrected chi connectivity index (χ0v) is 27.6. The SMILES string of the molecule is c1ccc(-n2c3ccccc3c3cc(-c4ccc5c(c4)oc4cc(-c6cccc7c6c6ccccc6n7-c6ccccc6)ccc45)ccc32)cc1. The van der Waals surface area contributed by atoms with Gasteiger partial charge in [-0.25, -0.2) is 0 Å². The van der Waals surface area contributed by atoms with Gasteiger partial charge in [-0.15, -0.1) is 0 Å². The number of nitrogens with zero attached hydrogens (tertiary/aromatic N) is 2. The fraction of sp³-hybridized carbons (Fsp3) is 0. The molecule has 0 amide bonds. The second-order valence-corrected chi connectivity index (χ2v) is 13.3. The third-order valence-corrected chi connectivity index (χ3v) is 10.5. The van der Waals surface area contributed by atoms with Crippen molar-refractivity contribution in [2.45, 2.75) is 0 Å². The fourth-order valence-corrected chi connectivity index (χ4v) is 8.25. The van der Waals surface area contributed by atoms with Gasteiger partial charge in [-0.1, -0.05) is 103 Å². The van der Waals surface area contributed by atoms with Crippen LogP contribution in [0.5, 0.6) is 0 Å². The molecule has 3 heterocycles. The lowest BCUT2D eigenvalue weighted by atomic mass is 9.98. The summed E-state index contributed by atoms with van der Waals surface area (Å²) in [6.45, 7) is 0. The summed E-state index contributed by atoms with van der Waals surface area (Å²) in [5.41, 5.74) is 13.6. The van der Waals surface area contributed by atoms with E-state index in [0.29, 0.717) is 0 Å². The number of aromatic nitrogens is 2. The first-order valence-electron chi connectivity index (χ1n) is 17.4. The van der Waals surface area contributed by atoms with Gasteiger partial charge in [0.2, 0.25) is 0 Å². The molecule has 51 heavy (non-hydrogen) atoms. The standard InChI is InChI=1S/C48H30N2O/c1-3-12-34(13-4-1)49-42-19-9-7-16-37(42)41-28-31(24-27-44(41)49)32-22-25-38-39-26-23-33(30-47(39)51-46(38)29-32)36-18-11-21-45-48(36)40-17-8-10-20-43(40)50(45)35-14-5-2-6-15-35/h1-30H. The molecule has 8 aromatic carbocycles. The molecule has 0 unspecified atom stereocenters. The lowest BCUT2D eigenvalue weighted by molar-refractivity contribution is 0.669. The predicted octanol–water partition coefficient (Wildman–Crippen LogP) is 13.1. The molecule has 0 fully saturated rings. The molecule has 0 bridgehead atoms. The van der Waals surface area contributed by atoms with E-state index in [4.69, 9.17) is 4.42 Å². The van der Waals surface area contributed by atoms with Crippen LogP contribution in [0.15, 0.2) is 186 Å². The Bertz CT molecular complexity index is 3130. The van der Waals surface area contributed by atoms with Crippen molar-refractivity contribution in [3.05, 3.63) is 182 Å². The highest BCUT2D eigenvalue weighted by Gasteiger charge is 2.18. The predicted molar refractivity (Wildman–Crippen MR) is 213 cm³/mol. The van der Waals surface area contributed by atoms with Crippen molar-refractivity contribution in [3.8, 4) is 33.6 Å². The average Bonchev–Trinajstić information content (AvgIpc) is 3.85. The van der Waals surface area contributed by atoms with E-state index in [0.717, 1.165) is 44.4 Å². The summed E-state index contributed by atoms with van der Waals surface area (Å²) in [5.74, 6) is 0. The Labute approximate surface area is 293 Å². The van der Waals surface area contributed by atoms with Crippen molar-refractivity contribution in [2.75, 3.05) is 0 Å². The van der Waals surface area contributed by atoms with Crippen LogP contribution in [0, 0.1) is 0 Å². The molecule has 3 nitrogen and oxygen atoms in total. The van der Waals surface area contributed by atoms with Gasteiger partial charge in [-0.3, -0.25) is 0 Å². The third-order valence-electron chi connectivity index (χ3n) is 10.5. The maximum Gasteiger partial charge on any atom is 0.136 e. The summed E-state index contributed by atoms with van der Waals surface area (Å²) in [6, 6.07) is 65.3. The molecule has 0 saturated carbocycles. The van der Waals surface area contributed by atoms with Crippen molar-refractivity contribution >= 4 is 65.6 Å². The molecule has 11 rings (SSSR count). The Morgan fingerprint density at radius 2 is 0.824 bits per heavy atom. The number of benzene rings is 8. The Morgan fingerprint density at radius 3 is 1.55 bits per heavy atom. The van der Waals surface area contributed by atoms with Crippen molar-refractivity contribution in [3.63, 3.8) is 0 Å². The van der Waals surface area contributed by atoms with Gasteiger partial charge in [0.05, 0.1) is 22.1 Å². The van der Waals surface area contributed by atoms with Crippen molar-refractivity contribution in [1.29, 1.82) is 0 Å². The highest BCUT2D eigenvalue weighted by molar-refractivity contribution is 6.17. The molecule has 0 spiro atoms. The summed E-state index contributed by atoms with van der Waals surface area (Å²) in [5, 5.41) is 7.23. The number of hydrogen-bond acceptors (Lipinski definition) is 1. The zero-order valence-electron chi connectivity index (χ0n) is 27.6. The van der Waals surface area contributed by atoms with Gasteiger partial charge in [0, 0.05) is 43.7 Å². The van der Waals surface area contributed by atoms with Crippen LogP contribution in [0.2, 0.25) is 0 Å². The molecule has 0 N–H and O–H groups in total. The van der Waals surface area contributed by atoms with Gasteiger partial charge in [0.15, 0.2) is 0 Å². The van der Waals surface area contributed by atoms with Crippen LogP contribution >= 0.6 is 0 Å². The molecule has 3 aromatic heterocycles. The van der Waals surface area contributed by atoms with E-state index in [1.54, 1.807) is 0 Å². The van der Waals surface area contributed by atoms with Crippen LogP contribution in [0.1, 0.15) is 0 Å². The number of para-hydroxylation sites is 4. The van der Waals surface area contributed by atoms with Crippen molar-refractivity contribution in [1.82, 2.24) is 9.13 Å². The minimum Gasteiger partial charge on any atom is -0.456 e. The molecule has 0 aliphatic heterocycles. The second-order valence-electron chi connectivity index (χ2n) is 13.3. The normalized spacial score (nSPS) is 11.9. The van der Waals surface area contributed by atoms with Gasteiger partial charge in [0.25, 0.3) is 0 Å². The van der Waals surface area contributed by atoms with E-state index in [9.17, 15) is 0 Å². The quantitative estimate of drug-likeness (QED) is 0.186. The Morgan fingerprint density at radius 1 is 0.314 bits per heavy atom. The first-order chi connectivity index (χ1) is 25.3. The average molecular weight is 651 g/mol. The minimum absolute atomic E-state index is 0.893. The summed E-state index contributed by atoms with van der Waals surface area (Å²) >= 11 is 0. The molecule has 0 radical (unpaired) electrons. The molecule has 3 heteroatoms.